The van der Waals surface area contributed by atoms with Gasteiger partial charge in [-0.2, -0.15) is 0 Å². The third-order valence-electron chi connectivity index (χ3n) is 2.98. The van der Waals surface area contributed by atoms with Crippen molar-refractivity contribution in [3.63, 3.8) is 0 Å². The van der Waals surface area contributed by atoms with E-state index in [2.05, 4.69) is 0 Å². The third kappa shape index (κ3) is 4.63. The molecule has 0 saturated carbocycles. The van der Waals surface area contributed by atoms with Crippen molar-refractivity contribution in [3.8, 4) is 17.2 Å². The van der Waals surface area contributed by atoms with Crippen LogP contribution in [-0.2, 0) is 0 Å². The predicted octanol–water partition coefficient (Wildman–Crippen LogP) is 3.03. The smallest absolute Gasteiger partial charge is 0.153 e. The summed E-state index contributed by atoms with van der Waals surface area (Å²) in [4.78, 5) is 20.7. The second kappa shape index (κ2) is 8.46. The molecule has 0 radical (unpaired) electrons. The highest BCUT2D eigenvalue weighted by Gasteiger charge is 2.00. The maximum Gasteiger partial charge on any atom is 0.153 e. The molecule has 0 atom stereocenters. The highest BCUT2D eigenvalue weighted by molar-refractivity contribution is 5.79. The van der Waals surface area contributed by atoms with Crippen LogP contribution < -0.4 is 9.47 Å². The van der Waals surface area contributed by atoms with Crippen LogP contribution >= 0.6 is 0 Å². The average Bonchev–Trinajstić information content (AvgIpc) is 2.56. The van der Waals surface area contributed by atoms with Gasteiger partial charge in [-0.25, -0.2) is 0 Å². The molecule has 116 valence electrons. The Balaban J connectivity index is 0.000000220. The van der Waals surface area contributed by atoms with Crippen LogP contribution in [0.4, 0.5) is 0 Å². The Labute approximate surface area is 129 Å². The standard InChI is InChI=1S/C9H10O2.C8H8O3/c1-7-3-4-9(11-2)5-8(7)6-10;1-11-7-2-3-8(10)6(4-7)5-9/h3-6H,1-2H3;2-5,10H,1H3. The second-order valence-corrected chi connectivity index (χ2v) is 4.38. The summed E-state index contributed by atoms with van der Waals surface area (Å²) in [6.45, 7) is 1.89. The lowest BCUT2D eigenvalue weighted by Gasteiger charge is -2.01. The molecule has 0 bridgehead atoms. The van der Waals surface area contributed by atoms with Crippen LogP contribution in [0.15, 0.2) is 36.4 Å². The van der Waals surface area contributed by atoms with Crippen molar-refractivity contribution in [1.29, 1.82) is 0 Å². The molecular weight excluding hydrogens is 284 g/mol. The monoisotopic (exact) mass is 302 g/mol. The summed E-state index contributed by atoms with van der Waals surface area (Å²) in [6.07, 6.45) is 1.41. The molecule has 0 heterocycles. The molecule has 0 unspecified atom stereocenters. The maximum atomic E-state index is 10.4. The first-order valence-electron chi connectivity index (χ1n) is 6.47. The Hall–Kier alpha value is -2.82. The largest absolute Gasteiger partial charge is 0.507 e. The van der Waals surface area contributed by atoms with Gasteiger partial charge in [-0.3, -0.25) is 9.59 Å². The molecule has 0 aromatic heterocycles. The fourth-order valence-electron chi connectivity index (χ4n) is 1.63. The number of hydrogen-bond donors (Lipinski definition) is 1. The van der Waals surface area contributed by atoms with E-state index >= 15 is 0 Å². The van der Waals surface area contributed by atoms with Gasteiger partial charge in [0.1, 0.15) is 23.5 Å². The van der Waals surface area contributed by atoms with Crippen molar-refractivity contribution >= 4 is 12.6 Å². The summed E-state index contributed by atoms with van der Waals surface area (Å²) in [7, 11) is 3.08. The number of carbonyl (C=O) groups is 2. The van der Waals surface area contributed by atoms with Crippen molar-refractivity contribution in [1.82, 2.24) is 0 Å². The van der Waals surface area contributed by atoms with E-state index in [1.54, 1.807) is 19.2 Å². The molecule has 5 heteroatoms. The van der Waals surface area contributed by atoms with Gasteiger partial charge in [0.2, 0.25) is 0 Å². The first-order chi connectivity index (χ1) is 10.5. The number of phenols is 1. The molecule has 0 saturated heterocycles. The molecule has 22 heavy (non-hydrogen) atoms. The van der Waals surface area contributed by atoms with Crippen molar-refractivity contribution in [2.24, 2.45) is 0 Å². The highest BCUT2D eigenvalue weighted by atomic mass is 16.5. The van der Waals surface area contributed by atoms with E-state index in [0.29, 0.717) is 17.6 Å². The Morgan fingerprint density at radius 2 is 1.36 bits per heavy atom. The molecule has 0 amide bonds. The molecule has 0 aliphatic carbocycles. The van der Waals surface area contributed by atoms with E-state index in [1.807, 2.05) is 19.1 Å². The lowest BCUT2D eigenvalue weighted by molar-refractivity contribution is 0.111. The summed E-state index contributed by atoms with van der Waals surface area (Å²) in [5, 5.41) is 9.04. The van der Waals surface area contributed by atoms with Crippen LogP contribution in [-0.4, -0.2) is 31.9 Å². The number of phenolic OH excluding ortho intramolecular Hbond substituents is 1. The third-order valence-corrected chi connectivity index (χ3v) is 2.98. The number of ether oxygens (including phenoxy) is 2. The van der Waals surface area contributed by atoms with E-state index in [4.69, 9.17) is 14.6 Å². The minimum Gasteiger partial charge on any atom is -0.507 e. The maximum absolute atomic E-state index is 10.4. The number of aromatic hydroxyl groups is 1. The zero-order chi connectivity index (χ0) is 16.5. The second-order valence-electron chi connectivity index (χ2n) is 4.38. The van der Waals surface area contributed by atoms with Crippen LogP contribution in [0.1, 0.15) is 26.3 Å². The van der Waals surface area contributed by atoms with Gasteiger partial charge in [-0.1, -0.05) is 6.07 Å². The van der Waals surface area contributed by atoms with E-state index < -0.39 is 0 Å². The lowest BCUT2D eigenvalue weighted by Crippen LogP contribution is -1.88. The van der Waals surface area contributed by atoms with Crippen LogP contribution in [0.2, 0.25) is 0 Å². The predicted molar refractivity (Wildman–Crippen MR) is 83.2 cm³/mol. The summed E-state index contributed by atoms with van der Waals surface area (Å²) in [5.41, 5.74) is 1.90. The fraction of sp³-hybridized carbons (Fsp3) is 0.176. The van der Waals surface area contributed by atoms with Gasteiger partial charge in [-0.05, 0) is 42.8 Å². The number of rotatable bonds is 4. The average molecular weight is 302 g/mol. The minimum atomic E-state index is -0.0270. The molecule has 5 nitrogen and oxygen atoms in total. The minimum absolute atomic E-state index is 0.0270. The van der Waals surface area contributed by atoms with Crippen LogP contribution in [0.3, 0.4) is 0 Å². The van der Waals surface area contributed by atoms with Gasteiger partial charge in [0.25, 0.3) is 0 Å². The first kappa shape index (κ1) is 17.2. The first-order valence-corrected chi connectivity index (χ1v) is 6.47. The normalized spacial score (nSPS) is 9.23. The number of carbonyl (C=O) groups excluding carboxylic acids is 2. The quantitative estimate of drug-likeness (QED) is 0.879. The van der Waals surface area contributed by atoms with Gasteiger partial charge < -0.3 is 14.6 Å². The Bertz CT molecular complexity index is 592. The van der Waals surface area contributed by atoms with E-state index in [-0.39, 0.29) is 11.3 Å². The zero-order valence-electron chi connectivity index (χ0n) is 12.7. The van der Waals surface area contributed by atoms with Crippen LogP contribution in [0.25, 0.3) is 0 Å². The van der Waals surface area contributed by atoms with Crippen molar-refractivity contribution in [2.75, 3.05) is 14.2 Å². The summed E-state index contributed by atoms with van der Waals surface area (Å²) >= 11 is 0. The Morgan fingerprint density at radius 1 is 0.864 bits per heavy atom. The number of methoxy groups -OCH3 is 2. The van der Waals surface area contributed by atoms with Crippen LogP contribution in [0, 0.1) is 6.92 Å². The molecule has 2 aromatic rings. The Kier molecular flexibility index (Phi) is 6.63. The SMILES string of the molecule is COc1ccc(C)c(C=O)c1.COc1ccc(O)c(C=O)c1. The molecule has 0 fully saturated rings. The molecule has 2 rings (SSSR count). The van der Waals surface area contributed by atoms with Gasteiger partial charge in [0.15, 0.2) is 6.29 Å². The van der Waals surface area contributed by atoms with Crippen molar-refractivity contribution < 1.29 is 24.2 Å². The number of hydrogen-bond acceptors (Lipinski definition) is 5. The van der Waals surface area contributed by atoms with E-state index in [9.17, 15) is 9.59 Å². The number of aryl methyl sites for hydroxylation is 1. The van der Waals surface area contributed by atoms with Crippen molar-refractivity contribution in [2.45, 2.75) is 6.92 Å². The molecule has 1 N–H and O–H groups in total. The highest BCUT2D eigenvalue weighted by Crippen LogP contribution is 2.20. The number of benzene rings is 2. The molecule has 2 aromatic carbocycles. The summed E-state index contributed by atoms with van der Waals surface area (Å²) in [5.74, 6) is 1.25. The van der Waals surface area contributed by atoms with Gasteiger partial charge in [0.05, 0.1) is 19.8 Å². The molecule has 0 aliphatic rings. The van der Waals surface area contributed by atoms with Crippen molar-refractivity contribution in [3.05, 3.63) is 53.1 Å². The summed E-state index contributed by atoms with van der Waals surface area (Å²) < 4.78 is 9.79. The Morgan fingerprint density at radius 3 is 1.86 bits per heavy atom. The van der Waals surface area contributed by atoms with Gasteiger partial charge in [-0.15, -0.1) is 0 Å². The van der Waals surface area contributed by atoms with Gasteiger partial charge >= 0.3 is 0 Å². The fourth-order valence-corrected chi connectivity index (χ4v) is 1.63. The van der Waals surface area contributed by atoms with Crippen LogP contribution in [0.5, 0.6) is 17.2 Å². The zero-order valence-corrected chi connectivity index (χ0v) is 12.7. The topological polar surface area (TPSA) is 72.8 Å². The van der Waals surface area contributed by atoms with E-state index in [0.717, 1.165) is 17.6 Å². The molecular formula is C17H18O5. The molecule has 0 aliphatic heterocycles. The summed E-state index contributed by atoms with van der Waals surface area (Å²) in [6, 6.07) is 9.90. The van der Waals surface area contributed by atoms with Gasteiger partial charge in [0, 0.05) is 5.56 Å². The lowest BCUT2D eigenvalue weighted by atomic mass is 10.1. The van der Waals surface area contributed by atoms with E-state index in [1.165, 1.54) is 19.2 Å². The number of aldehydes is 2. The molecule has 0 spiro atoms.